The fraction of sp³-hybridized carbons (Fsp3) is 0.688. The van der Waals surface area contributed by atoms with E-state index in [9.17, 15) is 24.8 Å². The van der Waals surface area contributed by atoms with Crippen LogP contribution in [0.4, 0.5) is 5.82 Å². The van der Waals surface area contributed by atoms with Crippen molar-refractivity contribution in [1.29, 1.82) is 0 Å². The van der Waals surface area contributed by atoms with Crippen molar-refractivity contribution in [2.75, 3.05) is 5.73 Å². The Kier molecular flexibility index (Phi) is 4.74. The highest BCUT2D eigenvalue weighted by Crippen LogP contribution is 2.57. The molecule has 0 spiro atoms. The van der Waals surface area contributed by atoms with Crippen molar-refractivity contribution in [3.63, 3.8) is 0 Å². The van der Waals surface area contributed by atoms with Crippen molar-refractivity contribution in [2.24, 2.45) is 0 Å². The minimum absolute atomic E-state index is 0.123. The number of fused-ring (bicyclic) bond motifs is 6. The number of imidazole rings is 1. The van der Waals surface area contributed by atoms with Crippen molar-refractivity contribution in [2.45, 2.75) is 69.1 Å². The molecule has 0 amide bonds. The Morgan fingerprint density at radius 2 is 2.10 bits per heavy atom. The van der Waals surface area contributed by atoms with Gasteiger partial charge < -0.3 is 30.7 Å². The summed E-state index contributed by atoms with van der Waals surface area (Å²) in [7, 11) is -4.42. The molecule has 0 saturated carbocycles. The van der Waals surface area contributed by atoms with E-state index < -0.39 is 49.5 Å². The summed E-state index contributed by atoms with van der Waals surface area (Å²) >= 11 is 0. The van der Waals surface area contributed by atoms with Crippen LogP contribution in [0.25, 0.3) is 11.2 Å². The quantitative estimate of drug-likeness (QED) is 0.397. The van der Waals surface area contributed by atoms with Crippen LogP contribution in [0, 0.1) is 0 Å². The summed E-state index contributed by atoms with van der Waals surface area (Å²) in [6.07, 6.45) is -3.04. The maximum absolute atomic E-state index is 12.5. The highest BCUT2D eigenvalue weighted by atomic mass is 31.2. The first-order valence-corrected chi connectivity index (χ1v) is 10.9. The molecule has 2 aliphatic heterocycles. The Balaban J connectivity index is 1.93. The largest absolute Gasteiger partial charge is 0.387 e. The molecule has 6 N–H and O–H groups in total. The molecule has 4 unspecified atom stereocenters. The maximum atomic E-state index is 12.5. The highest BCUT2D eigenvalue weighted by Gasteiger charge is 2.60. The first-order valence-electron chi connectivity index (χ1n) is 9.23. The predicted octanol–water partition coefficient (Wildman–Crippen LogP) is -0.166. The highest BCUT2D eigenvalue weighted by molar-refractivity contribution is 7.53. The fourth-order valence-corrected chi connectivity index (χ4v) is 5.06. The standard InChI is InChI=1S/C16H24N5O7P/c1-4-16(3,28-29(25,26)6(2)22)7-11-9(23)10(24)15(27-11)21-13(7)20-8-12(17)18-5-19-14(8)21/h5-7,9-11,15,22-24H,4H2,1-3H3,(H,25,26)(H2,17,18,19)/t6-,7?,9-,10+,11?,15+,16?/m0/s1. The predicted molar refractivity (Wildman–Crippen MR) is 99.7 cm³/mol. The van der Waals surface area contributed by atoms with Gasteiger partial charge in [-0.05, 0) is 20.3 Å². The summed E-state index contributed by atoms with van der Waals surface area (Å²) in [5.74, 6) is -2.04. The monoisotopic (exact) mass is 429 g/mol. The molecule has 0 aromatic carbocycles. The lowest BCUT2D eigenvalue weighted by atomic mass is 9.80. The molecule has 2 bridgehead atoms. The van der Waals surface area contributed by atoms with E-state index in [4.69, 9.17) is 15.0 Å². The van der Waals surface area contributed by atoms with Gasteiger partial charge in [-0.2, -0.15) is 0 Å². The van der Waals surface area contributed by atoms with Gasteiger partial charge in [-0.3, -0.25) is 13.7 Å². The smallest absolute Gasteiger partial charge is 0.356 e. The van der Waals surface area contributed by atoms with Gasteiger partial charge in [-0.15, -0.1) is 0 Å². The molecule has 4 rings (SSSR count). The maximum Gasteiger partial charge on any atom is 0.356 e. The van der Waals surface area contributed by atoms with E-state index >= 15 is 0 Å². The van der Waals surface area contributed by atoms with E-state index in [0.717, 1.165) is 6.92 Å². The summed E-state index contributed by atoms with van der Waals surface area (Å²) in [6, 6.07) is 0. The third-order valence-corrected chi connectivity index (χ3v) is 7.46. The van der Waals surface area contributed by atoms with Gasteiger partial charge in [0.2, 0.25) is 0 Å². The average Bonchev–Trinajstić information content (AvgIpc) is 3.15. The van der Waals surface area contributed by atoms with Crippen LogP contribution in [0.1, 0.15) is 45.2 Å². The van der Waals surface area contributed by atoms with Crippen LogP contribution in [-0.4, -0.2) is 69.5 Å². The minimum atomic E-state index is -4.42. The number of nitrogens with zero attached hydrogens (tertiary/aromatic N) is 4. The molecule has 1 fully saturated rings. The molecule has 2 aliphatic rings. The molecule has 160 valence electrons. The van der Waals surface area contributed by atoms with Crippen molar-refractivity contribution in [1.82, 2.24) is 19.5 Å². The zero-order valence-electron chi connectivity index (χ0n) is 16.1. The zero-order chi connectivity index (χ0) is 21.3. The summed E-state index contributed by atoms with van der Waals surface area (Å²) in [5, 5.41) is 30.9. The van der Waals surface area contributed by atoms with Gasteiger partial charge in [-0.1, -0.05) is 6.92 Å². The lowest BCUT2D eigenvalue weighted by molar-refractivity contribution is -0.108. The first kappa shape index (κ1) is 20.6. The average molecular weight is 429 g/mol. The lowest BCUT2D eigenvalue weighted by Gasteiger charge is -2.43. The fourth-order valence-electron chi connectivity index (χ4n) is 4.07. The van der Waals surface area contributed by atoms with Gasteiger partial charge in [0.05, 0.1) is 11.5 Å². The van der Waals surface area contributed by atoms with Crippen molar-refractivity contribution < 1.29 is 34.0 Å². The summed E-state index contributed by atoms with van der Waals surface area (Å²) in [4.78, 5) is 22.8. The SMILES string of the molecule is CCC(C)(OP(=O)(O)[C@@H](C)O)C1c2nc3c(N)ncnc3n2[C@@H]2OC1[C@@H](O)[C@H]2O. The van der Waals surface area contributed by atoms with Gasteiger partial charge in [0.15, 0.2) is 29.1 Å². The molecule has 29 heavy (non-hydrogen) atoms. The molecule has 2 aromatic heterocycles. The number of hydrogen-bond donors (Lipinski definition) is 5. The number of nitrogen functional groups attached to an aromatic ring is 1. The Labute approximate surface area is 165 Å². The van der Waals surface area contributed by atoms with Gasteiger partial charge in [0.1, 0.15) is 30.5 Å². The van der Waals surface area contributed by atoms with E-state index in [1.807, 2.05) is 0 Å². The molecular weight excluding hydrogens is 405 g/mol. The van der Waals surface area contributed by atoms with Gasteiger partial charge >= 0.3 is 7.60 Å². The second-order valence-electron chi connectivity index (χ2n) is 7.67. The van der Waals surface area contributed by atoms with Crippen molar-refractivity contribution in [3.8, 4) is 0 Å². The van der Waals surface area contributed by atoms with Crippen molar-refractivity contribution >= 4 is 24.6 Å². The second-order valence-corrected chi connectivity index (χ2v) is 9.73. The molecule has 1 saturated heterocycles. The number of hydrogen-bond acceptors (Lipinski definition) is 10. The normalized spacial score (nSPS) is 33.8. The topological polar surface area (TPSA) is 186 Å². The number of aliphatic hydroxyl groups excluding tert-OH is 3. The van der Waals surface area contributed by atoms with Crippen LogP contribution >= 0.6 is 7.60 Å². The third kappa shape index (κ3) is 2.90. The summed E-state index contributed by atoms with van der Waals surface area (Å²) in [6.45, 7) is 4.46. The third-order valence-electron chi connectivity index (χ3n) is 5.84. The number of aromatic nitrogens is 4. The van der Waals surface area contributed by atoms with Crippen LogP contribution in [0.2, 0.25) is 0 Å². The Bertz CT molecular complexity index is 999. The van der Waals surface area contributed by atoms with Gasteiger partial charge in [0, 0.05) is 0 Å². The van der Waals surface area contributed by atoms with Crippen LogP contribution in [-0.2, 0) is 13.8 Å². The minimum Gasteiger partial charge on any atom is -0.387 e. The summed E-state index contributed by atoms with van der Waals surface area (Å²) < 4.78 is 25.5. The molecule has 4 heterocycles. The Morgan fingerprint density at radius 1 is 1.41 bits per heavy atom. The van der Waals surface area contributed by atoms with Crippen LogP contribution in [0.3, 0.4) is 0 Å². The van der Waals surface area contributed by atoms with Gasteiger partial charge in [-0.25, -0.2) is 15.0 Å². The van der Waals surface area contributed by atoms with E-state index in [1.54, 1.807) is 13.8 Å². The summed E-state index contributed by atoms with van der Waals surface area (Å²) in [5.41, 5.74) is 5.13. The molecule has 0 aliphatic carbocycles. The zero-order valence-corrected chi connectivity index (χ0v) is 17.0. The van der Waals surface area contributed by atoms with E-state index in [1.165, 1.54) is 10.9 Å². The first-order chi connectivity index (χ1) is 13.5. The molecule has 8 atom stereocenters. The number of rotatable bonds is 5. The van der Waals surface area contributed by atoms with Crippen LogP contribution < -0.4 is 5.73 Å². The molecule has 2 aromatic rings. The van der Waals surface area contributed by atoms with Crippen LogP contribution in [0.15, 0.2) is 6.33 Å². The van der Waals surface area contributed by atoms with E-state index in [-0.39, 0.29) is 17.8 Å². The van der Waals surface area contributed by atoms with E-state index in [2.05, 4.69) is 15.0 Å². The van der Waals surface area contributed by atoms with Crippen molar-refractivity contribution in [3.05, 3.63) is 12.2 Å². The lowest BCUT2D eigenvalue weighted by Crippen LogP contribution is -2.48. The number of aliphatic hydroxyl groups is 3. The molecule has 12 nitrogen and oxygen atoms in total. The number of nitrogens with two attached hydrogens (primary N) is 1. The number of anilines is 1. The van der Waals surface area contributed by atoms with Gasteiger partial charge in [0.25, 0.3) is 0 Å². The Morgan fingerprint density at radius 3 is 2.72 bits per heavy atom. The van der Waals surface area contributed by atoms with Crippen LogP contribution in [0.5, 0.6) is 0 Å². The molecule has 0 radical (unpaired) electrons. The molecule has 13 heteroatoms. The Hall–Kier alpha value is -1.66. The second kappa shape index (κ2) is 6.67. The number of ether oxygens (including phenoxy) is 1. The molecular formula is C16H24N5O7P. The van der Waals surface area contributed by atoms with E-state index in [0.29, 0.717) is 11.5 Å².